The Morgan fingerprint density at radius 3 is 2.46 bits per heavy atom. The molecule has 0 fully saturated rings. The van der Waals surface area contributed by atoms with Gasteiger partial charge in [0.05, 0.1) is 11.3 Å². The number of carboxylic acids is 1. The van der Waals surface area contributed by atoms with E-state index in [-0.39, 0.29) is 17.1 Å². The molecule has 0 aliphatic carbocycles. The molecule has 0 bridgehead atoms. The second kappa shape index (κ2) is 7.73. The van der Waals surface area contributed by atoms with E-state index in [4.69, 9.17) is 5.11 Å². The van der Waals surface area contributed by atoms with Gasteiger partial charge in [-0.3, -0.25) is 9.59 Å². The van der Waals surface area contributed by atoms with Crippen molar-refractivity contribution in [3.63, 3.8) is 0 Å². The zero-order chi connectivity index (χ0) is 17.5. The second-order valence-corrected chi connectivity index (χ2v) is 4.76. The summed E-state index contributed by atoms with van der Waals surface area (Å²) in [5, 5.41) is 19.0. The Morgan fingerprint density at radius 2 is 1.83 bits per heavy atom. The molecule has 0 spiro atoms. The predicted octanol–water partition coefficient (Wildman–Crippen LogP) is 2.46. The number of rotatable bonds is 6. The molecule has 1 aromatic heterocycles. The first-order valence-corrected chi connectivity index (χ1v) is 6.94. The standard InChI is InChI=1S/C16H14N4O4/c1-10(21)14(15(22)18-13-8-4-5-9-17-13)20-19-12-7-3-2-6-11(12)16(23)24/h2-9,14H,1H3,(H,23,24)(H,17,18,22). The van der Waals surface area contributed by atoms with E-state index in [9.17, 15) is 14.4 Å². The molecule has 1 unspecified atom stereocenters. The van der Waals surface area contributed by atoms with Crippen LogP contribution in [0.5, 0.6) is 0 Å². The maximum absolute atomic E-state index is 12.2. The minimum Gasteiger partial charge on any atom is -0.478 e. The molecule has 24 heavy (non-hydrogen) atoms. The van der Waals surface area contributed by atoms with E-state index in [0.29, 0.717) is 0 Å². The third-order valence-corrected chi connectivity index (χ3v) is 2.96. The summed E-state index contributed by atoms with van der Waals surface area (Å²) in [5.41, 5.74) is -0.0180. The van der Waals surface area contributed by atoms with Gasteiger partial charge in [-0.25, -0.2) is 9.78 Å². The van der Waals surface area contributed by atoms with Crippen LogP contribution in [0.25, 0.3) is 0 Å². The van der Waals surface area contributed by atoms with Crippen LogP contribution < -0.4 is 5.32 Å². The molecule has 0 aliphatic rings. The van der Waals surface area contributed by atoms with Crippen LogP contribution >= 0.6 is 0 Å². The molecule has 2 rings (SSSR count). The van der Waals surface area contributed by atoms with Crippen molar-refractivity contribution in [1.82, 2.24) is 4.98 Å². The number of benzene rings is 1. The van der Waals surface area contributed by atoms with Crippen molar-refractivity contribution in [3.8, 4) is 0 Å². The van der Waals surface area contributed by atoms with E-state index < -0.39 is 23.7 Å². The zero-order valence-corrected chi connectivity index (χ0v) is 12.7. The highest BCUT2D eigenvalue weighted by molar-refractivity contribution is 6.09. The lowest BCUT2D eigenvalue weighted by Gasteiger charge is -2.08. The van der Waals surface area contributed by atoms with Gasteiger partial charge in [-0.05, 0) is 31.2 Å². The highest BCUT2D eigenvalue weighted by Crippen LogP contribution is 2.19. The van der Waals surface area contributed by atoms with Crippen LogP contribution in [0.4, 0.5) is 11.5 Å². The van der Waals surface area contributed by atoms with Crippen LogP contribution in [0.2, 0.25) is 0 Å². The average Bonchev–Trinajstić information content (AvgIpc) is 2.56. The minimum absolute atomic E-state index is 0.0573. The van der Waals surface area contributed by atoms with Gasteiger partial charge in [-0.15, -0.1) is 0 Å². The number of nitrogens with one attached hydrogen (secondary N) is 1. The van der Waals surface area contributed by atoms with Crippen LogP contribution in [0, 0.1) is 0 Å². The Hall–Kier alpha value is -3.42. The second-order valence-electron chi connectivity index (χ2n) is 4.76. The molecule has 0 aliphatic heterocycles. The van der Waals surface area contributed by atoms with Crippen molar-refractivity contribution in [2.24, 2.45) is 10.2 Å². The lowest BCUT2D eigenvalue weighted by Crippen LogP contribution is -2.32. The minimum atomic E-state index is -1.39. The van der Waals surface area contributed by atoms with E-state index in [1.54, 1.807) is 30.3 Å². The predicted molar refractivity (Wildman–Crippen MR) is 85.3 cm³/mol. The fraction of sp³-hybridized carbons (Fsp3) is 0.125. The van der Waals surface area contributed by atoms with Crippen molar-refractivity contribution in [3.05, 3.63) is 54.2 Å². The Bertz CT molecular complexity index is 790. The summed E-state index contributed by atoms with van der Waals surface area (Å²) in [7, 11) is 0. The first-order chi connectivity index (χ1) is 11.5. The maximum Gasteiger partial charge on any atom is 0.337 e. The first-order valence-electron chi connectivity index (χ1n) is 6.94. The lowest BCUT2D eigenvalue weighted by molar-refractivity contribution is -0.126. The summed E-state index contributed by atoms with van der Waals surface area (Å²) < 4.78 is 0. The monoisotopic (exact) mass is 326 g/mol. The van der Waals surface area contributed by atoms with Gasteiger partial charge in [0.2, 0.25) is 6.04 Å². The van der Waals surface area contributed by atoms with Gasteiger partial charge >= 0.3 is 5.97 Å². The molecule has 8 heteroatoms. The molecule has 8 nitrogen and oxygen atoms in total. The number of ketones is 1. The summed E-state index contributed by atoms with van der Waals surface area (Å²) in [5.74, 6) is -2.13. The van der Waals surface area contributed by atoms with Crippen LogP contribution in [0.15, 0.2) is 58.9 Å². The lowest BCUT2D eigenvalue weighted by atomic mass is 10.2. The largest absolute Gasteiger partial charge is 0.478 e. The fourth-order valence-corrected chi connectivity index (χ4v) is 1.81. The molecule has 0 saturated carbocycles. The van der Waals surface area contributed by atoms with Crippen LogP contribution in [-0.2, 0) is 9.59 Å². The van der Waals surface area contributed by atoms with Gasteiger partial charge in [0.25, 0.3) is 5.91 Å². The number of hydrogen-bond acceptors (Lipinski definition) is 6. The van der Waals surface area contributed by atoms with Crippen LogP contribution in [0.3, 0.4) is 0 Å². The van der Waals surface area contributed by atoms with E-state index in [2.05, 4.69) is 20.5 Å². The average molecular weight is 326 g/mol. The van der Waals surface area contributed by atoms with E-state index >= 15 is 0 Å². The molecule has 2 N–H and O–H groups in total. The van der Waals surface area contributed by atoms with Crippen molar-refractivity contribution in [2.45, 2.75) is 13.0 Å². The van der Waals surface area contributed by atoms with Crippen molar-refractivity contribution >= 4 is 29.2 Å². The SMILES string of the molecule is CC(=O)C(N=Nc1ccccc1C(=O)O)C(=O)Nc1ccccn1. The van der Waals surface area contributed by atoms with Crippen LogP contribution in [0.1, 0.15) is 17.3 Å². The topological polar surface area (TPSA) is 121 Å². The normalized spacial score (nSPS) is 11.9. The highest BCUT2D eigenvalue weighted by atomic mass is 16.4. The third kappa shape index (κ3) is 4.29. The van der Waals surface area contributed by atoms with E-state index in [0.717, 1.165) is 0 Å². The molecule has 0 saturated heterocycles. The number of hydrogen-bond donors (Lipinski definition) is 2. The molecule has 0 radical (unpaired) electrons. The number of aromatic carboxylic acids is 1. The zero-order valence-electron chi connectivity index (χ0n) is 12.7. The Balaban J connectivity index is 2.21. The van der Waals surface area contributed by atoms with Gasteiger partial charge in [-0.1, -0.05) is 18.2 Å². The quantitative estimate of drug-likeness (QED) is 0.624. The molecule has 1 amide bonds. The number of carboxylic acid groups (broad SMARTS) is 1. The number of carbonyl (C=O) groups is 3. The van der Waals surface area contributed by atoms with E-state index in [1.165, 1.54) is 25.3 Å². The summed E-state index contributed by atoms with van der Waals surface area (Å²) in [6.45, 7) is 1.20. The van der Waals surface area contributed by atoms with Gasteiger partial charge in [0, 0.05) is 6.20 Å². The van der Waals surface area contributed by atoms with Gasteiger partial charge in [0.1, 0.15) is 5.82 Å². The molecule has 2 aromatic rings. The highest BCUT2D eigenvalue weighted by Gasteiger charge is 2.23. The Morgan fingerprint density at radius 1 is 1.12 bits per heavy atom. The van der Waals surface area contributed by atoms with E-state index in [1.807, 2.05) is 0 Å². The van der Waals surface area contributed by atoms with Gasteiger partial charge < -0.3 is 10.4 Å². The number of Topliss-reactive ketones (excluding diaryl/α,β-unsaturated/α-hetero) is 1. The molecule has 1 heterocycles. The summed E-state index contributed by atoms with van der Waals surface area (Å²) in [6, 6.07) is 9.43. The number of nitrogens with zero attached hydrogens (tertiary/aromatic N) is 3. The number of amides is 1. The number of anilines is 1. The molecular formula is C16H14N4O4. The van der Waals surface area contributed by atoms with Crippen LogP contribution in [-0.4, -0.2) is 33.8 Å². The number of carbonyl (C=O) groups excluding carboxylic acids is 2. The number of azo groups is 1. The summed E-state index contributed by atoms with van der Waals surface area (Å²) >= 11 is 0. The Labute approximate surface area is 137 Å². The smallest absolute Gasteiger partial charge is 0.337 e. The molecule has 122 valence electrons. The van der Waals surface area contributed by atoms with Gasteiger partial charge in [-0.2, -0.15) is 10.2 Å². The fourth-order valence-electron chi connectivity index (χ4n) is 1.81. The molecular weight excluding hydrogens is 312 g/mol. The third-order valence-electron chi connectivity index (χ3n) is 2.96. The van der Waals surface area contributed by atoms with Crippen molar-refractivity contribution in [1.29, 1.82) is 0 Å². The Kier molecular flexibility index (Phi) is 5.45. The number of pyridine rings is 1. The maximum atomic E-state index is 12.2. The summed E-state index contributed by atoms with van der Waals surface area (Å²) in [4.78, 5) is 38.9. The van der Waals surface area contributed by atoms with Crippen molar-refractivity contribution < 1.29 is 19.5 Å². The van der Waals surface area contributed by atoms with Crippen molar-refractivity contribution in [2.75, 3.05) is 5.32 Å². The van der Waals surface area contributed by atoms with Gasteiger partial charge in [0.15, 0.2) is 5.78 Å². The first kappa shape index (κ1) is 16.9. The number of aromatic nitrogens is 1. The summed E-state index contributed by atoms with van der Waals surface area (Å²) in [6.07, 6.45) is 1.49. The molecule has 1 aromatic carbocycles. The molecule has 1 atom stereocenters.